The van der Waals surface area contributed by atoms with Gasteiger partial charge in [0.2, 0.25) is 11.8 Å². The van der Waals surface area contributed by atoms with Crippen molar-refractivity contribution in [3.05, 3.63) is 0 Å². The van der Waals surface area contributed by atoms with Gasteiger partial charge in [-0.25, -0.2) is 0 Å². The zero-order valence-electron chi connectivity index (χ0n) is 15.7. The number of carbonyl (C=O) groups is 2. The fourth-order valence-corrected chi connectivity index (χ4v) is 3.67. The van der Waals surface area contributed by atoms with Crippen molar-refractivity contribution in [2.75, 3.05) is 39.3 Å². The molecule has 0 unspecified atom stereocenters. The highest BCUT2D eigenvalue weighted by molar-refractivity contribution is 5.80. The van der Waals surface area contributed by atoms with E-state index in [2.05, 4.69) is 17.1 Å². The van der Waals surface area contributed by atoms with E-state index in [9.17, 15) is 9.59 Å². The first-order chi connectivity index (χ1) is 11.5. The first-order valence-corrected chi connectivity index (χ1v) is 9.76. The number of carbonyl (C=O) groups excluding carboxylic acids is 2. The molecule has 2 amide bonds. The van der Waals surface area contributed by atoms with Crippen molar-refractivity contribution in [2.45, 2.75) is 52.9 Å². The summed E-state index contributed by atoms with van der Waals surface area (Å²) >= 11 is 0. The molecule has 0 aromatic carbocycles. The summed E-state index contributed by atoms with van der Waals surface area (Å²) in [7, 11) is 0. The Morgan fingerprint density at radius 2 is 1.67 bits per heavy atom. The molecule has 24 heavy (non-hydrogen) atoms. The zero-order valence-corrected chi connectivity index (χ0v) is 15.7. The van der Waals surface area contributed by atoms with Crippen molar-refractivity contribution >= 4 is 11.8 Å². The zero-order chi connectivity index (χ0) is 17.5. The van der Waals surface area contributed by atoms with E-state index in [0.717, 1.165) is 51.4 Å². The highest BCUT2D eigenvalue weighted by atomic mass is 16.2. The number of hydrogen-bond acceptors (Lipinski definition) is 3. The van der Waals surface area contributed by atoms with Crippen LogP contribution in [0, 0.1) is 17.8 Å². The smallest absolute Gasteiger partial charge is 0.225 e. The maximum Gasteiger partial charge on any atom is 0.225 e. The molecule has 0 radical (unpaired) electrons. The van der Waals surface area contributed by atoms with Crippen molar-refractivity contribution in [3.63, 3.8) is 0 Å². The molecule has 5 heteroatoms. The lowest BCUT2D eigenvalue weighted by atomic mass is 9.95. The molecule has 0 atom stereocenters. The maximum absolute atomic E-state index is 12.3. The minimum atomic E-state index is 0.0492. The van der Waals surface area contributed by atoms with Crippen LogP contribution in [0.15, 0.2) is 0 Å². The molecule has 2 aliphatic rings. The maximum atomic E-state index is 12.3. The summed E-state index contributed by atoms with van der Waals surface area (Å²) in [4.78, 5) is 28.7. The number of rotatable bonds is 6. The Kier molecular flexibility index (Phi) is 7.53. The van der Waals surface area contributed by atoms with E-state index in [1.54, 1.807) is 0 Å². The predicted molar refractivity (Wildman–Crippen MR) is 96.6 cm³/mol. The Bertz CT molecular complexity index is 409. The van der Waals surface area contributed by atoms with Gasteiger partial charge in [0.15, 0.2) is 0 Å². The first-order valence-electron chi connectivity index (χ1n) is 9.76. The summed E-state index contributed by atoms with van der Waals surface area (Å²) in [5.41, 5.74) is 0. The third kappa shape index (κ3) is 5.76. The monoisotopic (exact) mass is 337 g/mol. The van der Waals surface area contributed by atoms with Gasteiger partial charge >= 0.3 is 0 Å². The van der Waals surface area contributed by atoms with E-state index in [1.165, 1.54) is 25.9 Å². The van der Waals surface area contributed by atoms with Crippen LogP contribution < -0.4 is 5.32 Å². The van der Waals surface area contributed by atoms with Gasteiger partial charge in [0.1, 0.15) is 0 Å². The molecule has 2 fully saturated rings. The van der Waals surface area contributed by atoms with E-state index in [0.29, 0.717) is 0 Å². The van der Waals surface area contributed by atoms with Gasteiger partial charge in [0, 0.05) is 31.5 Å². The number of nitrogens with one attached hydrogen (secondary N) is 1. The van der Waals surface area contributed by atoms with Gasteiger partial charge in [-0.2, -0.15) is 0 Å². The molecule has 5 nitrogen and oxygen atoms in total. The second-order valence-electron chi connectivity index (χ2n) is 7.92. The quantitative estimate of drug-likeness (QED) is 0.755. The molecule has 1 N–H and O–H groups in total. The van der Waals surface area contributed by atoms with E-state index in [4.69, 9.17) is 0 Å². The summed E-state index contributed by atoms with van der Waals surface area (Å²) in [6.07, 6.45) is 5.24. The van der Waals surface area contributed by atoms with Crippen LogP contribution in [-0.2, 0) is 9.59 Å². The third-order valence-electron chi connectivity index (χ3n) is 5.50. The summed E-state index contributed by atoms with van der Waals surface area (Å²) in [5.74, 6) is 1.39. The lowest BCUT2D eigenvalue weighted by molar-refractivity contribution is -0.138. The molecule has 0 saturated carbocycles. The van der Waals surface area contributed by atoms with Gasteiger partial charge in [0.25, 0.3) is 0 Å². The van der Waals surface area contributed by atoms with Gasteiger partial charge in [0.05, 0.1) is 0 Å². The summed E-state index contributed by atoms with van der Waals surface area (Å²) < 4.78 is 0. The van der Waals surface area contributed by atoms with Crippen molar-refractivity contribution in [3.8, 4) is 0 Å². The van der Waals surface area contributed by atoms with Crippen LogP contribution in [0.25, 0.3) is 0 Å². The van der Waals surface area contributed by atoms with Crippen LogP contribution >= 0.6 is 0 Å². The lowest BCUT2D eigenvalue weighted by Gasteiger charge is -2.32. The van der Waals surface area contributed by atoms with Crippen LogP contribution in [0.5, 0.6) is 0 Å². The molecule has 2 aliphatic heterocycles. The predicted octanol–water partition coefficient (Wildman–Crippen LogP) is 2.12. The average molecular weight is 338 g/mol. The van der Waals surface area contributed by atoms with E-state index < -0.39 is 0 Å². The average Bonchev–Trinajstić information content (AvgIpc) is 2.59. The van der Waals surface area contributed by atoms with Gasteiger partial charge < -0.3 is 15.1 Å². The van der Waals surface area contributed by atoms with Gasteiger partial charge in [-0.15, -0.1) is 0 Å². The third-order valence-corrected chi connectivity index (χ3v) is 5.50. The molecule has 2 rings (SSSR count). The molecule has 2 saturated heterocycles. The number of likely N-dealkylation sites (tertiary alicyclic amines) is 2. The van der Waals surface area contributed by atoms with Crippen LogP contribution in [-0.4, -0.2) is 60.9 Å². The second kappa shape index (κ2) is 9.40. The normalized spacial score (nSPS) is 21.2. The number of nitrogens with zero attached hydrogens (tertiary/aromatic N) is 2. The van der Waals surface area contributed by atoms with Gasteiger partial charge in [-0.3, -0.25) is 9.59 Å². The highest BCUT2D eigenvalue weighted by Gasteiger charge is 2.28. The number of amides is 2. The Morgan fingerprint density at radius 1 is 1.04 bits per heavy atom. The van der Waals surface area contributed by atoms with Crippen LogP contribution in [0.2, 0.25) is 0 Å². The highest BCUT2D eigenvalue weighted by Crippen LogP contribution is 2.19. The summed E-state index contributed by atoms with van der Waals surface area (Å²) in [6, 6.07) is 0. The van der Waals surface area contributed by atoms with Crippen molar-refractivity contribution in [1.29, 1.82) is 0 Å². The molecule has 138 valence electrons. The first kappa shape index (κ1) is 19.2. The Morgan fingerprint density at radius 3 is 2.25 bits per heavy atom. The Hall–Kier alpha value is -1.10. The van der Waals surface area contributed by atoms with E-state index in [-0.39, 0.29) is 23.7 Å². The Balaban J connectivity index is 1.58. The molecule has 0 bridgehead atoms. The SMILES string of the molecule is CC1CCN(CCCNC(=O)C2CCN(C(=O)C(C)C)CC2)CC1. The summed E-state index contributed by atoms with van der Waals surface area (Å²) in [5, 5.41) is 3.10. The van der Waals surface area contributed by atoms with Crippen molar-refractivity contribution in [2.24, 2.45) is 17.8 Å². The minimum absolute atomic E-state index is 0.0492. The van der Waals surface area contributed by atoms with Crippen LogP contribution in [0.3, 0.4) is 0 Å². The van der Waals surface area contributed by atoms with Gasteiger partial charge in [-0.05, 0) is 57.7 Å². The molecule has 0 aromatic rings. The molecular weight excluding hydrogens is 302 g/mol. The fraction of sp³-hybridized carbons (Fsp3) is 0.895. The number of hydrogen-bond donors (Lipinski definition) is 1. The van der Waals surface area contributed by atoms with Crippen molar-refractivity contribution < 1.29 is 9.59 Å². The number of piperidine rings is 2. The fourth-order valence-electron chi connectivity index (χ4n) is 3.67. The lowest BCUT2D eigenvalue weighted by Crippen LogP contribution is -2.44. The second-order valence-corrected chi connectivity index (χ2v) is 7.92. The minimum Gasteiger partial charge on any atom is -0.356 e. The largest absolute Gasteiger partial charge is 0.356 e. The van der Waals surface area contributed by atoms with E-state index in [1.807, 2.05) is 18.7 Å². The van der Waals surface area contributed by atoms with Crippen LogP contribution in [0.4, 0.5) is 0 Å². The Labute approximate surface area is 147 Å². The topological polar surface area (TPSA) is 52.7 Å². The van der Waals surface area contributed by atoms with Crippen molar-refractivity contribution in [1.82, 2.24) is 15.1 Å². The molecule has 2 heterocycles. The standard InChI is InChI=1S/C19H35N3O2/c1-15(2)19(24)22-13-7-17(8-14-22)18(23)20-9-4-10-21-11-5-16(3)6-12-21/h15-17H,4-14H2,1-3H3,(H,20,23). The molecule has 0 aromatic heterocycles. The summed E-state index contributed by atoms with van der Waals surface area (Å²) in [6.45, 7) is 11.9. The molecule has 0 aliphatic carbocycles. The molecule has 0 spiro atoms. The molecular formula is C19H35N3O2. The van der Waals surface area contributed by atoms with E-state index >= 15 is 0 Å². The van der Waals surface area contributed by atoms with Gasteiger partial charge in [-0.1, -0.05) is 20.8 Å². The van der Waals surface area contributed by atoms with Crippen LogP contribution in [0.1, 0.15) is 52.9 Å².